The smallest absolute Gasteiger partial charge is 0.150 e. The van der Waals surface area contributed by atoms with E-state index in [1.807, 2.05) is 0 Å². The van der Waals surface area contributed by atoms with Crippen LogP contribution in [0.5, 0.6) is 0 Å². The summed E-state index contributed by atoms with van der Waals surface area (Å²) in [4.78, 5) is 14.4. The highest BCUT2D eigenvalue weighted by molar-refractivity contribution is 5.84. The SMILES string of the molecule is CC(C)C1C(=O)CN(C(C)(C)C)CC1C. The van der Waals surface area contributed by atoms with Gasteiger partial charge in [-0.25, -0.2) is 0 Å². The molecule has 1 aliphatic heterocycles. The Kier molecular flexibility index (Phi) is 3.59. The lowest BCUT2D eigenvalue weighted by Crippen LogP contribution is -2.54. The first kappa shape index (κ1) is 12.7. The lowest BCUT2D eigenvalue weighted by Gasteiger charge is -2.44. The molecule has 15 heavy (non-hydrogen) atoms. The maximum absolute atomic E-state index is 12.1. The number of piperidine rings is 1. The fourth-order valence-electron chi connectivity index (χ4n) is 2.68. The van der Waals surface area contributed by atoms with Crippen LogP contribution >= 0.6 is 0 Å². The summed E-state index contributed by atoms with van der Waals surface area (Å²) >= 11 is 0. The van der Waals surface area contributed by atoms with Crippen molar-refractivity contribution >= 4 is 5.78 Å². The van der Waals surface area contributed by atoms with Gasteiger partial charge >= 0.3 is 0 Å². The lowest BCUT2D eigenvalue weighted by atomic mass is 9.77. The van der Waals surface area contributed by atoms with Crippen LogP contribution in [0.3, 0.4) is 0 Å². The second kappa shape index (κ2) is 4.25. The van der Waals surface area contributed by atoms with Crippen molar-refractivity contribution in [3.8, 4) is 0 Å². The third-order valence-corrected chi connectivity index (χ3v) is 3.51. The molecule has 2 nitrogen and oxygen atoms in total. The molecule has 2 heteroatoms. The van der Waals surface area contributed by atoms with E-state index in [2.05, 4.69) is 46.4 Å². The van der Waals surface area contributed by atoms with Gasteiger partial charge in [-0.2, -0.15) is 0 Å². The van der Waals surface area contributed by atoms with Gasteiger partial charge in [-0.1, -0.05) is 20.8 Å². The molecule has 1 rings (SSSR count). The summed E-state index contributed by atoms with van der Waals surface area (Å²) in [6.45, 7) is 14.8. The molecule has 0 bridgehead atoms. The number of carbonyl (C=O) groups is 1. The van der Waals surface area contributed by atoms with Gasteiger partial charge < -0.3 is 0 Å². The van der Waals surface area contributed by atoms with Crippen molar-refractivity contribution in [1.29, 1.82) is 0 Å². The van der Waals surface area contributed by atoms with Crippen molar-refractivity contribution in [1.82, 2.24) is 4.90 Å². The molecule has 2 atom stereocenters. The Labute approximate surface area is 94.0 Å². The Bertz CT molecular complexity index is 239. The van der Waals surface area contributed by atoms with Crippen LogP contribution in [0.1, 0.15) is 41.5 Å². The summed E-state index contributed by atoms with van der Waals surface area (Å²) in [7, 11) is 0. The quantitative estimate of drug-likeness (QED) is 0.664. The molecule has 0 aromatic heterocycles. The van der Waals surface area contributed by atoms with Crippen molar-refractivity contribution in [2.45, 2.75) is 47.1 Å². The highest BCUT2D eigenvalue weighted by Crippen LogP contribution is 2.30. The van der Waals surface area contributed by atoms with Crippen LogP contribution in [-0.2, 0) is 4.79 Å². The predicted octanol–water partition coefficient (Wildman–Crippen LogP) is 2.58. The summed E-state index contributed by atoms with van der Waals surface area (Å²) in [6, 6.07) is 0. The Morgan fingerprint density at radius 3 is 2.20 bits per heavy atom. The van der Waals surface area contributed by atoms with E-state index >= 15 is 0 Å². The molecule has 0 N–H and O–H groups in total. The van der Waals surface area contributed by atoms with Crippen LogP contribution in [0.15, 0.2) is 0 Å². The number of nitrogens with zero attached hydrogens (tertiary/aromatic N) is 1. The molecule has 2 unspecified atom stereocenters. The van der Waals surface area contributed by atoms with Crippen LogP contribution in [0, 0.1) is 17.8 Å². The van der Waals surface area contributed by atoms with E-state index in [9.17, 15) is 4.79 Å². The van der Waals surface area contributed by atoms with Gasteiger partial charge in [0.05, 0.1) is 6.54 Å². The molecule has 1 aliphatic rings. The second-order valence-electron chi connectivity index (χ2n) is 6.26. The van der Waals surface area contributed by atoms with E-state index in [0.29, 0.717) is 24.2 Å². The van der Waals surface area contributed by atoms with E-state index in [4.69, 9.17) is 0 Å². The average molecular weight is 211 g/mol. The molecule has 0 aromatic carbocycles. The maximum atomic E-state index is 12.1. The zero-order valence-electron chi connectivity index (χ0n) is 11.0. The number of ketones is 1. The zero-order valence-corrected chi connectivity index (χ0v) is 11.0. The summed E-state index contributed by atoms with van der Waals surface area (Å²) in [5.74, 6) is 1.67. The first-order valence-corrected chi connectivity index (χ1v) is 6.01. The molecule has 0 spiro atoms. The number of rotatable bonds is 1. The average Bonchev–Trinajstić information content (AvgIpc) is 1.99. The lowest BCUT2D eigenvalue weighted by molar-refractivity contribution is -0.133. The largest absolute Gasteiger partial charge is 0.298 e. The van der Waals surface area contributed by atoms with E-state index in [-0.39, 0.29) is 11.5 Å². The predicted molar refractivity (Wildman–Crippen MR) is 63.8 cm³/mol. The van der Waals surface area contributed by atoms with Gasteiger partial charge in [0.25, 0.3) is 0 Å². The van der Waals surface area contributed by atoms with Gasteiger partial charge in [0, 0.05) is 18.0 Å². The zero-order chi connectivity index (χ0) is 11.8. The first-order chi connectivity index (χ1) is 6.73. The molecular formula is C13H25NO. The minimum atomic E-state index is 0.117. The number of carbonyl (C=O) groups excluding carboxylic acids is 1. The Morgan fingerprint density at radius 2 is 1.87 bits per heavy atom. The summed E-state index contributed by atoms with van der Waals surface area (Å²) in [5, 5.41) is 0. The third-order valence-electron chi connectivity index (χ3n) is 3.51. The van der Waals surface area contributed by atoms with Crippen LogP contribution < -0.4 is 0 Å². The van der Waals surface area contributed by atoms with Crippen molar-refractivity contribution in [3.05, 3.63) is 0 Å². The van der Waals surface area contributed by atoms with Crippen molar-refractivity contribution in [2.75, 3.05) is 13.1 Å². The van der Waals surface area contributed by atoms with Crippen LogP contribution in [0.25, 0.3) is 0 Å². The first-order valence-electron chi connectivity index (χ1n) is 6.01. The van der Waals surface area contributed by atoms with Gasteiger partial charge in [-0.3, -0.25) is 9.69 Å². The number of likely N-dealkylation sites (tertiary alicyclic amines) is 1. The fourth-order valence-corrected chi connectivity index (χ4v) is 2.68. The van der Waals surface area contributed by atoms with Crippen LogP contribution in [0.2, 0.25) is 0 Å². The minimum Gasteiger partial charge on any atom is -0.298 e. The highest BCUT2D eigenvalue weighted by atomic mass is 16.1. The molecule has 0 amide bonds. The molecular weight excluding hydrogens is 186 g/mol. The van der Waals surface area contributed by atoms with Gasteiger partial charge in [0.2, 0.25) is 0 Å². The Morgan fingerprint density at radius 1 is 1.33 bits per heavy atom. The van der Waals surface area contributed by atoms with Gasteiger partial charge in [0.15, 0.2) is 0 Å². The van der Waals surface area contributed by atoms with E-state index in [0.717, 1.165) is 6.54 Å². The minimum absolute atomic E-state index is 0.117. The summed E-state index contributed by atoms with van der Waals surface area (Å²) in [5.41, 5.74) is 0.117. The molecule has 0 radical (unpaired) electrons. The van der Waals surface area contributed by atoms with Crippen molar-refractivity contribution in [2.24, 2.45) is 17.8 Å². The summed E-state index contributed by atoms with van der Waals surface area (Å²) in [6.07, 6.45) is 0. The molecule has 0 saturated carbocycles. The second-order valence-corrected chi connectivity index (χ2v) is 6.26. The van der Waals surface area contributed by atoms with Gasteiger partial charge in [0.1, 0.15) is 5.78 Å². The van der Waals surface area contributed by atoms with Crippen LogP contribution in [0.4, 0.5) is 0 Å². The highest BCUT2D eigenvalue weighted by Gasteiger charge is 2.38. The van der Waals surface area contributed by atoms with E-state index < -0.39 is 0 Å². The molecule has 1 saturated heterocycles. The maximum Gasteiger partial charge on any atom is 0.150 e. The topological polar surface area (TPSA) is 20.3 Å². The number of hydrogen-bond donors (Lipinski definition) is 0. The Balaban J connectivity index is 2.76. The Hall–Kier alpha value is -0.370. The molecule has 88 valence electrons. The van der Waals surface area contributed by atoms with Gasteiger partial charge in [-0.15, -0.1) is 0 Å². The molecule has 0 aliphatic carbocycles. The van der Waals surface area contributed by atoms with Crippen molar-refractivity contribution in [3.63, 3.8) is 0 Å². The monoisotopic (exact) mass is 211 g/mol. The third kappa shape index (κ3) is 2.81. The fraction of sp³-hybridized carbons (Fsp3) is 0.923. The number of Topliss-reactive ketones (excluding diaryl/α,β-unsaturated/α-hetero) is 1. The molecule has 1 heterocycles. The molecule has 0 aromatic rings. The van der Waals surface area contributed by atoms with Crippen molar-refractivity contribution < 1.29 is 4.79 Å². The van der Waals surface area contributed by atoms with Crippen LogP contribution in [-0.4, -0.2) is 29.3 Å². The summed E-state index contributed by atoms with van der Waals surface area (Å²) < 4.78 is 0. The standard InChI is InChI=1S/C13H25NO/c1-9(2)12-10(3)7-14(8-11(12)15)13(4,5)6/h9-10,12H,7-8H2,1-6H3. The van der Waals surface area contributed by atoms with E-state index in [1.165, 1.54) is 0 Å². The van der Waals surface area contributed by atoms with Gasteiger partial charge in [-0.05, 0) is 32.6 Å². The number of hydrogen-bond acceptors (Lipinski definition) is 2. The molecule has 1 fully saturated rings. The normalized spacial score (nSPS) is 29.9. The van der Waals surface area contributed by atoms with E-state index in [1.54, 1.807) is 0 Å².